The number of halogens is 1. The first-order valence-corrected chi connectivity index (χ1v) is 6.44. The molecule has 1 aromatic carbocycles. The summed E-state index contributed by atoms with van der Waals surface area (Å²) in [5.41, 5.74) is 2.49. The third-order valence-electron chi connectivity index (χ3n) is 2.85. The number of nitrogens with zero attached hydrogens (tertiary/aromatic N) is 2. The Morgan fingerprint density at radius 1 is 1.21 bits per heavy atom. The molecule has 0 saturated heterocycles. The van der Waals surface area contributed by atoms with Crippen LogP contribution in [0.25, 0.3) is 11.3 Å². The molecule has 0 bridgehead atoms. The number of hydrogen-bond acceptors (Lipinski definition) is 3. The highest BCUT2D eigenvalue weighted by Gasteiger charge is 2.05. The average Bonchev–Trinajstić information content (AvgIpc) is 2.38. The minimum Gasteiger partial charge on any atom is -0.320 e. The van der Waals surface area contributed by atoms with Gasteiger partial charge in [0.2, 0.25) is 0 Å². The van der Waals surface area contributed by atoms with Crippen LogP contribution in [0.2, 0.25) is 0 Å². The summed E-state index contributed by atoms with van der Waals surface area (Å²) in [6, 6.07) is 8.38. The molecule has 1 aromatic heterocycles. The first-order valence-electron chi connectivity index (χ1n) is 6.44. The number of aryl methyl sites for hydroxylation is 2. The van der Waals surface area contributed by atoms with Crippen molar-refractivity contribution in [1.82, 2.24) is 15.3 Å². The predicted molar refractivity (Wildman–Crippen MR) is 74.4 cm³/mol. The summed E-state index contributed by atoms with van der Waals surface area (Å²) in [5, 5.41) is 3.10. The second-order valence-corrected chi connectivity index (χ2v) is 4.53. The fourth-order valence-corrected chi connectivity index (χ4v) is 1.96. The Labute approximate surface area is 112 Å². The lowest BCUT2D eigenvalue weighted by Gasteiger charge is -2.06. The van der Waals surface area contributed by atoms with Crippen molar-refractivity contribution < 1.29 is 4.39 Å². The van der Waals surface area contributed by atoms with Crippen LogP contribution in [0.1, 0.15) is 17.9 Å². The molecule has 0 aliphatic rings. The molecule has 0 radical (unpaired) electrons. The van der Waals surface area contributed by atoms with Crippen LogP contribution < -0.4 is 5.32 Å². The first kappa shape index (κ1) is 13.6. The molecule has 0 saturated carbocycles. The van der Waals surface area contributed by atoms with Crippen molar-refractivity contribution >= 4 is 0 Å². The molecule has 1 heterocycles. The van der Waals surface area contributed by atoms with Gasteiger partial charge < -0.3 is 5.32 Å². The monoisotopic (exact) mass is 259 g/mol. The Bertz CT molecular complexity index is 555. The van der Waals surface area contributed by atoms with Crippen molar-refractivity contribution in [3.8, 4) is 11.3 Å². The molecule has 2 rings (SSSR count). The third-order valence-corrected chi connectivity index (χ3v) is 2.85. The molecule has 0 atom stereocenters. The summed E-state index contributed by atoms with van der Waals surface area (Å²) in [7, 11) is 1.93. The van der Waals surface area contributed by atoms with Gasteiger partial charge in [0.1, 0.15) is 11.6 Å². The van der Waals surface area contributed by atoms with E-state index in [-0.39, 0.29) is 5.82 Å². The summed E-state index contributed by atoms with van der Waals surface area (Å²) < 4.78 is 13.3. The lowest BCUT2D eigenvalue weighted by molar-refractivity contribution is 0.628. The van der Waals surface area contributed by atoms with Crippen LogP contribution in [-0.4, -0.2) is 23.6 Å². The van der Waals surface area contributed by atoms with Gasteiger partial charge in [-0.3, -0.25) is 0 Å². The van der Waals surface area contributed by atoms with Gasteiger partial charge in [-0.05, 0) is 45.1 Å². The van der Waals surface area contributed by atoms with Gasteiger partial charge in [-0.1, -0.05) is 12.1 Å². The molecule has 0 amide bonds. The Morgan fingerprint density at radius 3 is 2.79 bits per heavy atom. The van der Waals surface area contributed by atoms with E-state index in [0.717, 1.165) is 42.2 Å². The Hall–Kier alpha value is -1.81. The number of hydrogen-bond donors (Lipinski definition) is 1. The Kier molecular flexibility index (Phi) is 4.58. The van der Waals surface area contributed by atoms with Crippen molar-refractivity contribution in [3.05, 3.63) is 47.7 Å². The lowest BCUT2D eigenvalue weighted by atomic mass is 10.1. The normalized spacial score (nSPS) is 10.7. The maximum Gasteiger partial charge on any atom is 0.129 e. The van der Waals surface area contributed by atoms with Crippen molar-refractivity contribution in [2.24, 2.45) is 0 Å². The minimum absolute atomic E-state index is 0.245. The summed E-state index contributed by atoms with van der Waals surface area (Å²) in [5.74, 6) is 0.569. The molecule has 0 fully saturated rings. The maximum absolute atomic E-state index is 13.3. The highest BCUT2D eigenvalue weighted by Crippen LogP contribution is 2.19. The standard InChI is InChI=1S/C15H18FN3/c1-11-9-14(12-5-3-6-13(16)10-12)19-15(18-11)7-4-8-17-2/h3,5-6,9-10,17H,4,7-8H2,1-2H3. The van der Waals surface area contributed by atoms with Gasteiger partial charge in [-0.25, -0.2) is 14.4 Å². The number of nitrogens with one attached hydrogen (secondary N) is 1. The third kappa shape index (κ3) is 3.83. The van der Waals surface area contributed by atoms with Gasteiger partial charge in [0.05, 0.1) is 5.69 Å². The molecular formula is C15H18FN3. The Morgan fingerprint density at radius 2 is 2.05 bits per heavy atom. The minimum atomic E-state index is -0.245. The second kappa shape index (κ2) is 6.38. The summed E-state index contributed by atoms with van der Waals surface area (Å²) in [6.45, 7) is 2.87. The number of benzene rings is 1. The molecule has 2 aromatic rings. The van der Waals surface area contributed by atoms with Crippen LogP contribution in [0, 0.1) is 12.7 Å². The molecule has 100 valence electrons. The Balaban J connectivity index is 2.26. The number of rotatable bonds is 5. The summed E-state index contributed by atoms with van der Waals surface area (Å²) in [6.07, 6.45) is 1.81. The maximum atomic E-state index is 13.3. The first-order chi connectivity index (χ1) is 9.19. The van der Waals surface area contributed by atoms with Gasteiger partial charge in [-0.15, -0.1) is 0 Å². The fourth-order valence-electron chi connectivity index (χ4n) is 1.96. The zero-order valence-corrected chi connectivity index (χ0v) is 11.3. The summed E-state index contributed by atoms with van der Waals surface area (Å²) >= 11 is 0. The van der Waals surface area contributed by atoms with Crippen LogP contribution in [0.4, 0.5) is 4.39 Å². The zero-order valence-electron chi connectivity index (χ0n) is 11.3. The molecule has 19 heavy (non-hydrogen) atoms. The fraction of sp³-hybridized carbons (Fsp3) is 0.333. The van der Waals surface area contributed by atoms with E-state index in [4.69, 9.17) is 0 Å². The quantitative estimate of drug-likeness (QED) is 0.839. The average molecular weight is 259 g/mol. The lowest BCUT2D eigenvalue weighted by Crippen LogP contribution is -2.10. The van der Waals surface area contributed by atoms with Crippen molar-refractivity contribution in [2.75, 3.05) is 13.6 Å². The summed E-state index contributed by atoms with van der Waals surface area (Å²) in [4.78, 5) is 8.93. The molecule has 0 aliphatic carbocycles. The van der Waals surface area contributed by atoms with Gasteiger partial charge in [0.25, 0.3) is 0 Å². The second-order valence-electron chi connectivity index (χ2n) is 4.53. The van der Waals surface area contributed by atoms with Gasteiger partial charge in [0, 0.05) is 17.7 Å². The molecule has 0 aliphatic heterocycles. The van der Waals surface area contributed by atoms with Gasteiger partial charge in [0.15, 0.2) is 0 Å². The molecule has 0 spiro atoms. The van der Waals surface area contributed by atoms with Crippen LogP contribution in [0.15, 0.2) is 30.3 Å². The number of aromatic nitrogens is 2. The van der Waals surface area contributed by atoms with Crippen molar-refractivity contribution in [3.63, 3.8) is 0 Å². The SMILES string of the molecule is CNCCCc1nc(C)cc(-c2cccc(F)c2)n1. The highest BCUT2D eigenvalue weighted by molar-refractivity contribution is 5.59. The van der Waals surface area contributed by atoms with E-state index in [2.05, 4.69) is 15.3 Å². The predicted octanol–water partition coefficient (Wildman–Crippen LogP) is 2.74. The van der Waals surface area contributed by atoms with Gasteiger partial charge in [-0.2, -0.15) is 0 Å². The molecule has 4 heteroatoms. The largest absolute Gasteiger partial charge is 0.320 e. The van der Waals surface area contributed by atoms with E-state index in [1.54, 1.807) is 6.07 Å². The van der Waals surface area contributed by atoms with E-state index in [9.17, 15) is 4.39 Å². The molecule has 0 unspecified atom stereocenters. The molecule has 3 nitrogen and oxygen atoms in total. The van der Waals surface area contributed by atoms with E-state index in [1.807, 2.05) is 26.1 Å². The van der Waals surface area contributed by atoms with Crippen LogP contribution in [0.5, 0.6) is 0 Å². The van der Waals surface area contributed by atoms with Gasteiger partial charge >= 0.3 is 0 Å². The van der Waals surface area contributed by atoms with Crippen LogP contribution in [0.3, 0.4) is 0 Å². The molecule has 1 N–H and O–H groups in total. The van der Waals surface area contributed by atoms with E-state index in [1.165, 1.54) is 12.1 Å². The van der Waals surface area contributed by atoms with E-state index >= 15 is 0 Å². The van der Waals surface area contributed by atoms with E-state index < -0.39 is 0 Å². The topological polar surface area (TPSA) is 37.8 Å². The van der Waals surface area contributed by atoms with Crippen LogP contribution in [-0.2, 0) is 6.42 Å². The smallest absolute Gasteiger partial charge is 0.129 e. The van der Waals surface area contributed by atoms with Crippen molar-refractivity contribution in [2.45, 2.75) is 19.8 Å². The molecular weight excluding hydrogens is 241 g/mol. The van der Waals surface area contributed by atoms with E-state index in [0.29, 0.717) is 0 Å². The highest BCUT2D eigenvalue weighted by atomic mass is 19.1. The van der Waals surface area contributed by atoms with Crippen LogP contribution >= 0.6 is 0 Å². The van der Waals surface area contributed by atoms with Crippen molar-refractivity contribution in [1.29, 1.82) is 0 Å². The zero-order chi connectivity index (χ0) is 13.7.